The Morgan fingerprint density at radius 2 is 1.55 bits per heavy atom. The first-order chi connectivity index (χ1) is 15.1. The molecule has 0 unspecified atom stereocenters. The van der Waals surface area contributed by atoms with Crippen molar-refractivity contribution in [3.8, 4) is 39.8 Å². The van der Waals surface area contributed by atoms with Crippen LogP contribution in [0.15, 0.2) is 60.8 Å². The summed E-state index contributed by atoms with van der Waals surface area (Å²) in [5.41, 5.74) is 6.03. The van der Waals surface area contributed by atoms with E-state index in [0.29, 0.717) is 17.2 Å². The van der Waals surface area contributed by atoms with Crippen molar-refractivity contribution in [2.45, 2.75) is 0 Å². The van der Waals surface area contributed by atoms with Gasteiger partial charge in [-0.15, -0.1) is 0 Å². The van der Waals surface area contributed by atoms with E-state index < -0.39 is 0 Å². The molecule has 0 saturated heterocycles. The lowest BCUT2D eigenvalue weighted by molar-refractivity contribution is 0.324. The summed E-state index contributed by atoms with van der Waals surface area (Å²) in [5.74, 6) is 2.63. The molecule has 0 aliphatic rings. The van der Waals surface area contributed by atoms with Gasteiger partial charge in [0.15, 0.2) is 11.5 Å². The number of rotatable bonds is 5. The van der Waals surface area contributed by atoms with E-state index in [-0.39, 0.29) is 0 Å². The van der Waals surface area contributed by atoms with Crippen LogP contribution in [0.1, 0.15) is 0 Å². The van der Waals surface area contributed by atoms with Crippen LogP contribution in [-0.4, -0.2) is 35.9 Å². The van der Waals surface area contributed by atoms with E-state index in [1.165, 1.54) is 10.9 Å². The van der Waals surface area contributed by atoms with Gasteiger partial charge in [-0.05, 0) is 35.9 Å². The molecule has 6 nitrogen and oxygen atoms in total. The molecule has 0 fully saturated rings. The highest BCUT2D eigenvalue weighted by Crippen LogP contribution is 2.42. The van der Waals surface area contributed by atoms with Crippen LogP contribution in [0.5, 0.6) is 17.2 Å². The number of benzene rings is 3. The molecule has 2 aromatic heterocycles. The maximum atomic E-state index is 5.54. The Morgan fingerprint density at radius 1 is 0.839 bits per heavy atom. The molecule has 3 aromatic carbocycles. The molecule has 0 saturated carbocycles. The number of methoxy groups -OCH3 is 3. The Hall–Kier alpha value is -3.93. The molecule has 0 bridgehead atoms. The number of hydrogen-bond donors (Lipinski definition) is 1. The van der Waals surface area contributed by atoms with Crippen molar-refractivity contribution < 1.29 is 14.2 Å². The number of fused-ring (bicyclic) bond motifs is 2. The molecule has 0 spiro atoms. The van der Waals surface area contributed by atoms with Crippen molar-refractivity contribution in [3.05, 3.63) is 60.8 Å². The van der Waals surface area contributed by atoms with E-state index in [1.807, 2.05) is 31.3 Å². The SMILES string of the molecule is COc1cc(-c2cccc3[nH]c(-c4cccc5c4ccn5C)nc23)cc(OC)c1OC. The van der Waals surface area contributed by atoms with Crippen molar-refractivity contribution in [2.75, 3.05) is 21.3 Å². The Labute approximate surface area is 180 Å². The van der Waals surface area contributed by atoms with Gasteiger partial charge in [-0.2, -0.15) is 0 Å². The molecule has 0 radical (unpaired) electrons. The van der Waals surface area contributed by atoms with Crippen molar-refractivity contribution in [1.82, 2.24) is 14.5 Å². The Balaban J connectivity index is 1.71. The minimum absolute atomic E-state index is 0.569. The first kappa shape index (κ1) is 19.1. The van der Waals surface area contributed by atoms with Crippen LogP contribution in [0, 0.1) is 0 Å². The average Bonchev–Trinajstić information content (AvgIpc) is 3.41. The third-order valence-corrected chi connectivity index (χ3v) is 5.67. The van der Waals surface area contributed by atoms with E-state index in [2.05, 4.69) is 46.1 Å². The number of hydrogen-bond acceptors (Lipinski definition) is 4. The number of nitrogens with zero attached hydrogens (tertiary/aromatic N) is 2. The highest BCUT2D eigenvalue weighted by molar-refractivity contribution is 5.98. The fraction of sp³-hybridized carbons (Fsp3) is 0.160. The molecule has 0 atom stereocenters. The van der Waals surface area contributed by atoms with Crippen molar-refractivity contribution in [1.29, 1.82) is 0 Å². The fourth-order valence-electron chi connectivity index (χ4n) is 4.14. The van der Waals surface area contributed by atoms with E-state index in [0.717, 1.165) is 33.5 Å². The maximum absolute atomic E-state index is 5.54. The molecule has 1 N–H and O–H groups in total. The van der Waals surface area contributed by atoms with Gasteiger partial charge in [-0.1, -0.05) is 24.3 Å². The summed E-state index contributed by atoms with van der Waals surface area (Å²) in [6, 6.07) is 18.4. The van der Waals surface area contributed by atoms with Crippen LogP contribution in [0.2, 0.25) is 0 Å². The van der Waals surface area contributed by atoms with Gasteiger partial charge < -0.3 is 23.8 Å². The molecule has 5 aromatic rings. The molecule has 156 valence electrons. The predicted molar refractivity (Wildman–Crippen MR) is 123 cm³/mol. The number of aryl methyl sites for hydroxylation is 1. The maximum Gasteiger partial charge on any atom is 0.203 e. The van der Waals surface area contributed by atoms with Gasteiger partial charge >= 0.3 is 0 Å². The van der Waals surface area contributed by atoms with Crippen LogP contribution in [0.4, 0.5) is 0 Å². The van der Waals surface area contributed by atoms with Crippen LogP contribution in [0.25, 0.3) is 44.5 Å². The number of nitrogens with one attached hydrogen (secondary N) is 1. The molecular weight excluding hydrogens is 390 g/mol. The van der Waals surface area contributed by atoms with Gasteiger partial charge in [0.2, 0.25) is 5.75 Å². The molecule has 6 heteroatoms. The lowest BCUT2D eigenvalue weighted by atomic mass is 10.0. The highest BCUT2D eigenvalue weighted by Gasteiger charge is 2.17. The number of H-pyrrole nitrogens is 1. The summed E-state index contributed by atoms with van der Waals surface area (Å²) in [5, 5.41) is 1.17. The van der Waals surface area contributed by atoms with Crippen molar-refractivity contribution >= 4 is 21.9 Å². The number of ether oxygens (including phenoxy) is 3. The summed E-state index contributed by atoms with van der Waals surface area (Å²) in [4.78, 5) is 8.49. The van der Waals surface area contributed by atoms with E-state index in [1.54, 1.807) is 21.3 Å². The summed E-state index contributed by atoms with van der Waals surface area (Å²) in [6.07, 6.45) is 2.07. The van der Waals surface area contributed by atoms with Crippen molar-refractivity contribution in [2.24, 2.45) is 7.05 Å². The van der Waals surface area contributed by atoms with Gasteiger partial charge in [0.1, 0.15) is 5.82 Å². The molecule has 2 heterocycles. The largest absolute Gasteiger partial charge is 0.493 e. The van der Waals surface area contributed by atoms with Crippen LogP contribution >= 0.6 is 0 Å². The second kappa shape index (κ2) is 7.40. The van der Waals surface area contributed by atoms with E-state index in [9.17, 15) is 0 Å². The smallest absolute Gasteiger partial charge is 0.203 e. The summed E-state index contributed by atoms with van der Waals surface area (Å²) >= 11 is 0. The predicted octanol–water partition coefficient (Wildman–Crippen LogP) is 5.41. The molecule has 5 rings (SSSR count). The zero-order valence-electron chi connectivity index (χ0n) is 17.9. The Kier molecular flexibility index (Phi) is 4.55. The summed E-state index contributed by atoms with van der Waals surface area (Å²) in [7, 11) is 6.89. The van der Waals surface area contributed by atoms with Gasteiger partial charge in [-0.3, -0.25) is 0 Å². The molecule has 31 heavy (non-hydrogen) atoms. The quantitative estimate of drug-likeness (QED) is 0.418. The minimum atomic E-state index is 0.569. The normalized spacial score (nSPS) is 11.2. The van der Waals surface area contributed by atoms with E-state index in [4.69, 9.17) is 19.2 Å². The summed E-state index contributed by atoms with van der Waals surface area (Å²) < 4.78 is 18.7. The number of imidazole rings is 1. The molecule has 0 amide bonds. The highest BCUT2D eigenvalue weighted by atomic mass is 16.5. The lowest BCUT2D eigenvalue weighted by Gasteiger charge is -2.14. The molecule has 0 aliphatic heterocycles. The monoisotopic (exact) mass is 413 g/mol. The summed E-state index contributed by atoms with van der Waals surface area (Å²) in [6.45, 7) is 0. The third kappa shape index (κ3) is 2.99. The lowest BCUT2D eigenvalue weighted by Crippen LogP contribution is -1.96. The van der Waals surface area contributed by atoms with E-state index >= 15 is 0 Å². The van der Waals surface area contributed by atoms with Crippen LogP contribution < -0.4 is 14.2 Å². The van der Waals surface area contributed by atoms with Gasteiger partial charge in [0.25, 0.3) is 0 Å². The van der Waals surface area contributed by atoms with Gasteiger partial charge in [-0.25, -0.2) is 4.98 Å². The zero-order valence-corrected chi connectivity index (χ0v) is 17.9. The second-order valence-electron chi connectivity index (χ2n) is 7.37. The Bertz CT molecular complexity index is 1390. The molecular formula is C25H23N3O3. The fourth-order valence-corrected chi connectivity index (χ4v) is 4.14. The standard InChI is InChI=1S/C25H23N3O3/c1-28-12-11-17-18(8-6-10-20(17)28)25-26-19-9-5-7-16(23(19)27-25)15-13-21(29-2)24(31-4)22(14-15)30-3/h5-14H,1-4H3,(H,26,27). The van der Waals surface area contributed by atoms with Gasteiger partial charge in [0.05, 0.1) is 32.4 Å². The third-order valence-electron chi connectivity index (χ3n) is 5.67. The molecule has 0 aliphatic carbocycles. The van der Waals surface area contributed by atoms with Gasteiger partial charge in [0, 0.05) is 35.3 Å². The zero-order chi connectivity index (χ0) is 21.5. The first-order valence-electron chi connectivity index (χ1n) is 9.98. The topological polar surface area (TPSA) is 61.3 Å². The second-order valence-corrected chi connectivity index (χ2v) is 7.37. The average molecular weight is 413 g/mol. The Morgan fingerprint density at radius 3 is 2.26 bits per heavy atom. The van der Waals surface area contributed by atoms with Crippen LogP contribution in [-0.2, 0) is 7.05 Å². The first-order valence-corrected chi connectivity index (χ1v) is 9.98. The minimum Gasteiger partial charge on any atom is -0.493 e. The number of aromatic amines is 1. The van der Waals surface area contributed by atoms with Crippen molar-refractivity contribution in [3.63, 3.8) is 0 Å². The number of aromatic nitrogens is 3. The number of para-hydroxylation sites is 1. The van der Waals surface area contributed by atoms with Crippen LogP contribution in [0.3, 0.4) is 0 Å².